The number of nitrogens with one attached hydrogen (secondary N) is 1. The number of nitrogens with zero attached hydrogens (tertiary/aromatic N) is 3. The highest BCUT2D eigenvalue weighted by Gasteiger charge is 2.66. The van der Waals surface area contributed by atoms with Crippen LogP contribution in [0.1, 0.15) is 28.0 Å². The number of ether oxygens (including phenoxy) is 2. The van der Waals surface area contributed by atoms with E-state index in [1.807, 2.05) is 0 Å². The number of aromatic nitrogens is 1. The van der Waals surface area contributed by atoms with Gasteiger partial charge in [-0.05, 0) is 18.2 Å². The summed E-state index contributed by atoms with van der Waals surface area (Å²) in [4.78, 5) is 20.3. The van der Waals surface area contributed by atoms with Crippen LogP contribution < -0.4 is 15.8 Å². The number of amidine groups is 1. The van der Waals surface area contributed by atoms with E-state index in [0.29, 0.717) is 0 Å². The number of amides is 1. The number of hydrogen-bond acceptors (Lipinski definition) is 7. The molecule has 2 aromatic rings. The Labute approximate surface area is 164 Å². The van der Waals surface area contributed by atoms with Gasteiger partial charge in [0.05, 0.1) is 12.2 Å². The zero-order chi connectivity index (χ0) is 20.6. The fourth-order valence-corrected chi connectivity index (χ4v) is 3.52. The van der Waals surface area contributed by atoms with E-state index in [9.17, 15) is 4.79 Å². The van der Waals surface area contributed by atoms with Gasteiger partial charge in [0.1, 0.15) is 17.5 Å². The summed E-state index contributed by atoms with van der Waals surface area (Å²) in [7, 11) is 0. The number of para-hydroxylation sites is 1. The van der Waals surface area contributed by atoms with Gasteiger partial charge in [-0.15, -0.1) is 0 Å². The Morgan fingerprint density at radius 1 is 1.31 bits per heavy atom. The minimum absolute atomic E-state index is 0.0110. The molecule has 0 radical (unpaired) electrons. The molecule has 148 valence electrons. The molecule has 29 heavy (non-hydrogen) atoms. The first-order valence-corrected chi connectivity index (χ1v) is 8.67. The van der Waals surface area contributed by atoms with Crippen molar-refractivity contribution in [3.05, 3.63) is 59.4 Å². The Hall–Kier alpha value is -3.74. The molecule has 0 bridgehead atoms. The largest absolute Gasteiger partial charge is 0.493 e. The number of alkyl halides is 2. The maximum absolute atomic E-state index is 15.7. The van der Waals surface area contributed by atoms with E-state index in [4.69, 9.17) is 20.5 Å². The van der Waals surface area contributed by atoms with E-state index in [-0.39, 0.29) is 35.6 Å². The van der Waals surface area contributed by atoms with Crippen LogP contribution in [0.2, 0.25) is 0 Å². The number of nitrogens with two attached hydrogens (primary N) is 1. The van der Waals surface area contributed by atoms with Gasteiger partial charge in [-0.3, -0.25) is 4.79 Å². The van der Waals surface area contributed by atoms with Gasteiger partial charge in [0.25, 0.3) is 11.9 Å². The van der Waals surface area contributed by atoms with Crippen LogP contribution in [0.5, 0.6) is 5.75 Å². The SMILES string of the molecule is N#Cc1cccnc1C(=O)NC1OC(N)=N[C@@]2(CCOc3ccccc32)C1(F)F. The fraction of sp³-hybridized carbons (Fsp3) is 0.263. The first kappa shape index (κ1) is 18.6. The molecule has 1 spiro atoms. The molecule has 0 fully saturated rings. The molecule has 4 rings (SSSR count). The van der Waals surface area contributed by atoms with Crippen molar-refractivity contribution < 1.29 is 23.0 Å². The molecule has 2 atom stereocenters. The second-order valence-corrected chi connectivity index (χ2v) is 6.51. The van der Waals surface area contributed by atoms with Crippen molar-refractivity contribution >= 4 is 11.9 Å². The second kappa shape index (κ2) is 6.70. The van der Waals surface area contributed by atoms with Crippen molar-refractivity contribution in [2.45, 2.75) is 24.1 Å². The lowest BCUT2D eigenvalue weighted by Gasteiger charge is -2.46. The Bertz CT molecular complexity index is 1050. The van der Waals surface area contributed by atoms with E-state index in [1.54, 1.807) is 24.3 Å². The fourth-order valence-electron chi connectivity index (χ4n) is 3.52. The van der Waals surface area contributed by atoms with E-state index in [0.717, 1.165) is 0 Å². The predicted octanol–water partition coefficient (Wildman–Crippen LogP) is 1.67. The number of nitriles is 1. The van der Waals surface area contributed by atoms with E-state index < -0.39 is 29.6 Å². The van der Waals surface area contributed by atoms with Gasteiger partial charge in [-0.1, -0.05) is 18.2 Å². The molecule has 0 aliphatic carbocycles. The van der Waals surface area contributed by atoms with Crippen LogP contribution in [-0.2, 0) is 10.3 Å². The molecule has 2 aliphatic heterocycles. The van der Waals surface area contributed by atoms with Crippen LogP contribution in [0.3, 0.4) is 0 Å². The average molecular weight is 399 g/mol. The van der Waals surface area contributed by atoms with Crippen molar-refractivity contribution in [2.24, 2.45) is 10.7 Å². The summed E-state index contributed by atoms with van der Waals surface area (Å²) >= 11 is 0. The van der Waals surface area contributed by atoms with Gasteiger partial charge in [-0.25, -0.2) is 9.98 Å². The second-order valence-electron chi connectivity index (χ2n) is 6.51. The molecular formula is C19H15F2N5O3. The minimum Gasteiger partial charge on any atom is -0.493 e. The monoisotopic (exact) mass is 399 g/mol. The van der Waals surface area contributed by atoms with Crippen LogP contribution in [0.25, 0.3) is 0 Å². The quantitative estimate of drug-likeness (QED) is 0.792. The van der Waals surface area contributed by atoms with Gasteiger partial charge in [0, 0.05) is 18.2 Å². The summed E-state index contributed by atoms with van der Waals surface area (Å²) < 4.78 is 41.8. The number of carbonyl (C=O) groups is 1. The van der Waals surface area contributed by atoms with E-state index in [2.05, 4.69) is 15.3 Å². The molecule has 1 aromatic carbocycles. The zero-order valence-corrected chi connectivity index (χ0v) is 14.9. The van der Waals surface area contributed by atoms with Gasteiger partial charge in [0.15, 0.2) is 5.54 Å². The van der Waals surface area contributed by atoms with Crippen LogP contribution in [0, 0.1) is 11.3 Å². The van der Waals surface area contributed by atoms with Crippen molar-refractivity contribution in [2.75, 3.05) is 6.61 Å². The molecule has 1 amide bonds. The smallest absolute Gasteiger partial charge is 0.331 e. The van der Waals surface area contributed by atoms with Gasteiger partial charge < -0.3 is 20.5 Å². The molecule has 0 saturated heterocycles. The summed E-state index contributed by atoms with van der Waals surface area (Å²) in [5.41, 5.74) is 3.45. The van der Waals surface area contributed by atoms with Gasteiger partial charge in [0.2, 0.25) is 6.23 Å². The summed E-state index contributed by atoms with van der Waals surface area (Å²) in [6.45, 7) is -0.0110. The summed E-state index contributed by atoms with van der Waals surface area (Å²) in [5.74, 6) is -4.40. The van der Waals surface area contributed by atoms with Crippen LogP contribution in [0.4, 0.5) is 8.78 Å². The third-order valence-electron chi connectivity index (χ3n) is 4.88. The van der Waals surface area contributed by atoms with Crippen molar-refractivity contribution in [3.8, 4) is 11.8 Å². The Kier molecular flexibility index (Phi) is 4.30. The molecule has 1 unspecified atom stereocenters. The number of rotatable bonds is 2. The summed E-state index contributed by atoms with van der Waals surface area (Å²) in [6.07, 6.45) is -1.01. The van der Waals surface area contributed by atoms with Crippen LogP contribution in [0.15, 0.2) is 47.6 Å². The number of pyridine rings is 1. The van der Waals surface area contributed by atoms with Crippen molar-refractivity contribution in [1.29, 1.82) is 5.26 Å². The van der Waals surface area contributed by atoms with Crippen molar-refractivity contribution in [3.63, 3.8) is 0 Å². The average Bonchev–Trinajstić information content (AvgIpc) is 2.72. The molecule has 3 heterocycles. The highest BCUT2D eigenvalue weighted by atomic mass is 19.3. The molecule has 3 N–H and O–H groups in total. The van der Waals surface area contributed by atoms with Crippen molar-refractivity contribution in [1.82, 2.24) is 10.3 Å². The predicted molar refractivity (Wildman–Crippen MR) is 96.1 cm³/mol. The first-order valence-electron chi connectivity index (χ1n) is 8.67. The zero-order valence-electron chi connectivity index (χ0n) is 14.9. The molecule has 2 aliphatic rings. The maximum atomic E-state index is 15.7. The number of halogens is 2. The topological polar surface area (TPSA) is 123 Å². The number of hydrogen-bond donors (Lipinski definition) is 2. The van der Waals surface area contributed by atoms with Gasteiger partial charge in [-0.2, -0.15) is 14.0 Å². The lowest BCUT2D eigenvalue weighted by atomic mass is 9.78. The summed E-state index contributed by atoms with van der Waals surface area (Å²) in [5, 5.41) is 11.2. The number of fused-ring (bicyclic) bond motifs is 2. The summed E-state index contributed by atoms with van der Waals surface area (Å²) in [6, 6.07) is 10.4. The highest BCUT2D eigenvalue weighted by Crippen LogP contribution is 2.52. The Morgan fingerprint density at radius 2 is 2.10 bits per heavy atom. The molecule has 0 saturated carbocycles. The third-order valence-corrected chi connectivity index (χ3v) is 4.88. The molecule has 8 nitrogen and oxygen atoms in total. The standard InChI is InChI=1S/C19H15F2N5O3/c20-19(21)16(25-15(27)14-11(10-22)4-3-8-24-14)29-17(23)26-18(19)7-9-28-13-6-2-1-5-12(13)18/h1-6,8,16H,7,9H2,(H2,23,26)(H,25,27)/t16?,18-/m1/s1. The number of benzene rings is 1. The maximum Gasteiger partial charge on any atom is 0.331 e. The Morgan fingerprint density at radius 3 is 2.90 bits per heavy atom. The highest BCUT2D eigenvalue weighted by molar-refractivity contribution is 5.95. The van der Waals surface area contributed by atoms with Crippen LogP contribution in [-0.4, -0.2) is 35.7 Å². The molecule has 1 aromatic heterocycles. The molecular weight excluding hydrogens is 384 g/mol. The van der Waals surface area contributed by atoms with E-state index in [1.165, 1.54) is 24.4 Å². The number of carbonyl (C=O) groups excluding carboxylic acids is 1. The normalized spacial score (nSPS) is 24.3. The number of aliphatic imine (C=N–C) groups is 1. The lowest BCUT2D eigenvalue weighted by molar-refractivity contribution is -0.182. The third kappa shape index (κ3) is 2.82. The minimum atomic E-state index is -3.67. The van der Waals surface area contributed by atoms with Gasteiger partial charge >= 0.3 is 5.92 Å². The molecule has 10 heteroatoms. The Balaban J connectivity index is 1.74. The van der Waals surface area contributed by atoms with E-state index >= 15 is 8.78 Å². The van der Waals surface area contributed by atoms with Crippen LogP contribution >= 0.6 is 0 Å². The first-order chi connectivity index (χ1) is 13.9. The lowest BCUT2D eigenvalue weighted by Crippen LogP contribution is -2.64.